The molecule has 1 rings (SSSR count). The molecular weight excluding hydrogens is 265 g/mol. The van der Waals surface area contributed by atoms with Crippen LogP contribution in [-0.2, 0) is 12.6 Å². The Morgan fingerprint density at radius 3 is 2.58 bits per heavy atom. The highest BCUT2D eigenvalue weighted by atomic mass is 19.4. The van der Waals surface area contributed by atoms with Gasteiger partial charge >= 0.3 is 12.2 Å². The van der Waals surface area contributed by atoms with E-state index in [0.717, 1.165) is 10.8 Å². The smallest absolute Gasteiger partial charge is 0.374 e. The molecule has 0 spiro atoms. The van der Waals surface area contributed by atoms with Gasteiger partial charge in [-0.1, -0.05) is 0 Å². The van der Waals surface area contributed by atoms with Crippen LogP contribution in [0.4, 0.5) is 18.0 Å². The summed E-state index contributed by atoms with van der Waals surface area (Å²) in [6, 6.07) is -0.621. The van der Waals surface area contributed by atoms with Crippen LogP contribution < -0.4 is 10.6 Å². The molecular formula is C10H15F3N4O2. The van der Waals surface area contributed by atoms with Gasteiger partial charge in [-0.25, -0.2) is 9.78 Å². The first-order valence-corrected chi connectivity index (χ1v) is 5.45. The van der Waals surface area contributed by atoms with Crippen LogP contribution >= 0.6 is 0 Å². The quantitative estimate of drug-likeness (QED) is 0.751. The van der Waals surface area contributed by atoms with E-state index in [-0.39, 0.29) is 6.54 Å². The summed E-state index contributed by atoms with van der Waals surface area (Å²) in [4.78, 5) is 14.4. The van der Waals surface area contributed by atoms with Gasteiger partial charge in [-0.2, -0.15) is 13.2 Å². The number of nitrogens with one attached hydrogen (secondary N) is 2. The molecule has 6 nitrogen and oxygen atoms in total. The van der Waals surface area contributed by atoms with Gasteiger partial charge in [0.15, 0.2) is 0 Å². The van der Waals surface area contributed by atoms with Crippen molar-refractivity contribution in [2.75, 3.05) is 13.6 Å². The third-order valence-corrected chi connectivity index (χ3v) is 2.66. The lowest BCUT2D eigenvalue weighted by atomic mass is 9.97. The predicted molar refractivity (Wildman–Crippen MR) is 60.2 cm³/mol. The zero-order valence-electron chi connectivity index (χ0n) is 10.5. The number of halogens is 3. The molecule has 9 heteroatoms. The van der Waals surface area contributed by atoms with Gasteiger partial charge in [0.1, 0.15) is 5.82 Å². The summed E-state index contributed by atoms with van der Waals surface area (Å²) in [5, 5.41) is 14.3. The van der Waals surface area contributed by atoms with Gasteiger partial charge in [-0.15, -0.1) is 0 Å². The van der Waals surface area contributed by atoms with E-state index in [2.05, 4.69) is 15.6 Å². The van der Waals surface area contributed by atoms with E-state index in [1.807, 2.05) is 0 Å². The van der Waals surface area contributed by atoms with E-state index in [1.54, 1.807) is 0 Å². The number of alkyl halides is 3. The van der Waals surface area contributed by atoms with E-state index in [1.165, 1.54) is 20.3 Å². The first-order chi connectivity index (χ1) is 8.72. The van der Waals surface area contributed by atoms with Gasteiger partial charge in [0.2, 0.25) is 5.60 Å². The van der Waals surface area contributed by atoms with Crippen LogP contribution in [0.2, 0.25) is 0 Å². The summed E-state index contributed by atoms with van der Waals surface area (Å²) in [5.74, 6) is -0.515. The SMILES string of the molecule is CNC(=O)NCCC(O)(c1nccn1C)C(F)(F)F. The number of aromatic nitrogens is 2. The maximum atomic E-state index is 13.0. The van der Waals surface area contributed by atoms with Crippen LogP contribution in [0.5, 0.6) is 0 Å². The Balaban J connectivity index is 2.90. The first-order valence-electron chi connectivity index (χ1n) is 5.45. The molecule has 0 aliphatic carbocycles. The second-order valence-corrected chi connectivity index (χ2v) is 3.98. The zero-order chi connectivity index (χ0) is 14.7. The number of rotatable bonds is 4. The molecule has 1 aromatic rings. The Morgan fingerprint density at radius 1 is 1.53 bits per heavy atom. The summed E-state index contributed by atoms with van der Waals surface area (Å²) in [7, 11) is 2.69. The number of nitrogens with zero attached hydrogens (tertiary/aromatic N) is 2. The molecule has 19 heavy (non-hydrogen) atoms. The summed E-state index contributed by atoms with van der Waals surface area (Å²) in [6.45, 7) is -0.345. The van der Waals surface area contributed by atoms with Gasteiger partial charge < -0.3 is 20.3 Å². The molecule has 0 aromatic carbocycles. The van der Waals surface area contributed by atoms with E-state index in [9.17, 15) is 23.1 Å². The second kappa shape index (κ2) is 5.47. The number of amides is 2. The van der Waals surface area contributed by atoms with Crippen molar-refractivity contribution in [3.8, 4) is 0 Å². The minimum Gasteiger partial charge on any atom is -0.374 e. The van der Waals surface area contributed by atoms with Crippen molar-refractivity contribution in [2.24, 2.45) is 7.05 Å². The van der Waals surface area contributed by atoms with Gasteiger partial charge in [-0.05, 0) is 0 Å². The predicted octanol–water partition coefficient (Wildman–Crippen LogP) is 0.489. The van der Waals surface area contributed by atoms with Gasteiger partial charge in [-0.3, -0.25) is 0 Å². The standard InChI is InChI=1S/C10H15F3N4O2/c1-14-8(18)16-4-3-9(19,10(11,12)13)7-15-5-6-17(7)2/h5-6,19H,3-4H2,1-2H3,(H2,14,16,18). The van der Waals surface area contributed by atoms with Crippen molar-refractivity contribution in [1.82, 2.24) is 20.2 Å². The number of carbonyl (C=O) groups excluding carboxylic acids is 1. The lowest BCUT2D eigenvalue weighted by Crippen LogP contribution is -2.47. The third-order valence-electron chi connectivity index (χ3n) is 2.66. The van der Waals surface area contributed by atoms with Crippen LogP contribution in [0.15, 0.2) is 12.4 Å². The van der Waals surface area contributed by atoms with Gasteiger partial charge in [0, 0.05) is 39.5 Å². The number of carbonyl (C=O) groups is 1. The molecule has 0 saturated carbocycles. The largest absolute Gasteiger partial charge is 0.424 e. The molecule has 0 saturated heterocycles. The van der Waals surface area contributed by atoms with E-state index >= 15 is 0 Å². The summed E-state index contributed by atoms with van der Waals surface area (Å²) in [5.41, 5.74) is -3.10. The van der Waals surface area contributed by atoms with E-state index in [4.69, 9.17) is 0 Å². The lowest BCUT2D eigenvalue weighted by molar-refractivity contribution is -0.272. The fourth-order valence-electron chi connectivity index (χ4n) is 1.59. The number of imidazole rings is 1. The molecule has 1 unspecified atom stereocenters. The molecule has 2 amide bonds. The fourth-order valence-corrected chi connectivity index (χ4v) is 1.59. The third kappa shape index (κ3) is 3.16. The van der Waals surface area contributed by atoms with Crippen molar-refractivity contribution in [1.29, 1.82) is 0 Å². The van der Waals surface area contributed by atoms with Gasteiger partial charge in [0.25, 0.3) is 0 Å². The normalized spacial score (nSPS) is 14.8. The Hall–Kier alpha value is -1.77. The minimum atomic E-state index is -4.89. The van der Waals surface area contributed by atoms with Crippen LogP contribution in [0.25, 0.3) is 0 Å². The molecule has 1 heterocycles. The molecule has 0 bridgehead atoms. The highest BCUT2D eigenvalue weighted by molar-refractivity contribution is 5.73. The average Bonchev–Trinajstić information content (AvgIpc) is 2.73. The monoisotopic (exact) mass is 280 g/mol. The van der Waals surface area contributed by atoms with Crippen molar-refractivity contribution >= 4 is 6.03 Å². The average molecular weight is 280 g/mol. The molecule has 0 radical (unpaired) electrons. The topological polar surface area (TPSA) is 79.2 Å². The summed E-state index contributed by atoms with van der Waals surface area (Å²) in [6.07, 6.45) is -3.15. The number of hydrogen-bond acceptors (Lipinski definition) is 3. The summed E-state index contributed by atoms with van der Waals surface area (Å²) < 4.78 is 40.2. The van der Waals surface area contributed by atoms with Crippen molar-refractivity contribution in [3.05, 3.63) is 18.2 Å². The number of aryl methyl sites for hydroxylation is 1. The second-order valence-electron chi connectivity index (χ2n) is 3.98. The Morgan fingerprint density at radius 2 is 2.16 bits per heavy atom. The van der Waals surface area contributed by atoms with Crippen LogP contribution in [0.1, 0.15) is 12.2 Å². The van der Waals surface area contributed by atoms with Crippen LogP contribution in [0.3, 0.4) is 0 Å². The number of hydrogen-bond donors (Lipinski definition) is 3. The Bertz CT molecular complexity index is 446. The molecule has 3 N–H and O–H groups in total. The zero-order valence-corrected chi connectivity index (χ0v) is 10.5. The van der Waals surface area contributed by atoms with E-state index in [0.29, 0.717) is 0 Å². The van der Waals surface area contributed by atoms with Crippen molar-refractivity contribution in [3.63, 3.8) is 0 Å². The maximum absolute atomic E-state index is 13.0. The summed E-state index contributed by atoms with van der Waals surface area (Å²) >= 11 is 0. The fraction of sp³-hybridized carbons (Fsp3) is 0.600. The minimum absolute atomic E-state index is 0.345. The van der Waals surface area contributed by atoms with Gasteiger partial charge in [0.05, 0.1) is 0 Å². The molecule has 1 atom stereocenters. The van der Waals surface area contributed by atoms with Crippen molar-refractivity contribution in [2.45, 2.75) is 18.2 Å². The number of urea groups is 1. The molecule has 108 valence electrons. The van der Waals surface area contributed by atoms with Crippen LogP contribution in [-0.4, -0.2) is 40.5 Å². The molecule has 1 aromatic heterocycles. The maximum Gasteiger partial charge on any atom is 0.424 e. The van der Waals surface area contributed by atoms with Crippen LogP contribution in [0, 0.1) is 0 Å². The van der Waals surface area contributed by atoms with Crippen molar-refractivity contribution < 1.29 is 23.1 Å². The first kappa shape index (κ1) is 15.3. The molecule has 0 fully saturated rings. The Kier molecular flexibility index (Phi) is 4.40. The van der Waals surface area contributed by atoms with E-state index < -0.39 is 30.1 Å². The number of aliphatic hydroxyl groups is 1. The highest BCUT2D eigenvalue weighted by Crippen LogP contribution is 2.40. The molecule has 0 aliphatic rings. The molecule has 0 aliphatic heterocycles. The highest BCUT2D eigenvalue weighted by Gasteiger charge is 2.57. The Labute approximate surface area is 107 Å². The lowest BCUT2D eigenvalue weighted by Gasteiger charge is -2.29.